The second-order valence-corrected chi connectivity index (χ2v) is 5.33. The fourth-order valence-corrected chi connectivity index (χ4v) is 2.31. The van der Waals surface area contributed by atoms with Crippen LogP contribution in [-0.4, -0.2) is 21.1 Å². The number of hydrogen-bond acceptors (Lipinski definition) is 4. The van der Waals surface area contributed by atoms with Crippen molar-refractivity contribution in [2.24, 2.45) is 5.10 Å². The Hall–Kier alpha value is -2.73. The third kappa shape index (κ3) is 3.73. The van der Waals surface area contributed by atoms with Crippen molar-refractivity contribution in [2.75, 3.05) is 0 Å². The van der Waals surface area contributed by atoms with Crippen LogP contribution in [0.25, 0.3) is 0 Å². The summed E-state index contributed by atoms with van der Waals surface area (Å²) in [5.74, 6) is 1.47. The van der Waals surface area contributed by atoms with Gasteiger partial charge in [0.05, 0.1) is 6.21 Å². The summed E-state index contributed by atoms with van der Waals surface area (Å²) in [6.45, 7) is 2.34. The van der Waals surface area contributed by atoms with E-state index in [1.807, 2.05) is 61.5 Å². The van der Waals surface area contributed by atoms with E-state index in [0.29, 0.717) is 17.2 Å². The summed E-state index contributed by atoms with van der Waals surface area (Å²) in [5, 5.41) is 11.1. The Kier molecular flexibility index (Phi) is 4.63. The number of aromatic amines is 1. The molecular formula is C17H16N4OS. The van der Waals surface area contributed by atoms with Crippen molar-refractivity contribution in [1.29, 1.82) is 0 Å². The number of nitrogens with zero attached hydrogens (tertiary/aromatic N) is 3. The number of para-hydroxylation sites is 1. The number of ether oxygens (including phenoxy) is 1. The summed E-state index contributed by atoms with van der Waals surface area (Å²) in [5.41, 5.74) is 2.00. The van der Waals surface area contributed by atoms with Crippen LogP contribution >= 0.6 is 12.2 Å². The second kappa shape index (κ2) is 7.02. The van der Waals surface area contributed by atoms with Crippen LogP contribution in [0.15, 0.2) is 59.7 Å². The van der Waals surface area contributed by atoms with Crippen molar-refractivity contribution < 1.29 is 4.74 Å². The first-order chi connectivity index (χ1) is 11.2. The molecule has 3 aromatic rings. The predicted octanol–water partition coefficient (Wildman–Crippen LogP) is 3.71. The first-order valence-corrected chi connectivity index (χ1v) is 7.59. The Morgan fingerprint density at radius 1 is 1.17 bits per heavy atom. The number of nitrogens with one attached hydrogen (secondary N) is 1. The quantitative estimate of drug-likeness (QED) is 0.575. The van der Waals surface area contributed by atoms with E-state index in [0.717, 1.165) is 16.9 Å². The molecule has 0 amide bonds. The lowest BCUT2D eigenvalue weighted by Gasteiger charge is -2.08. The standard InChI is InChI=1S/C17H16N4OS/c1-13-19-20-17(23)21(13)18-11-15-9-5-6-10-16(15)22-12-14-7-3-2-4-8-14/h2-11H,12H2,1H3,(H,20,23)/b18-11-. The Labute approximate surface area is 139 Å². The lowest BCUT2D eigenvalue weighted by Crippen LogP contribution is -1.99. The number of benzene rings is 2. The molecule has 5 nitrogen and oxygen atoms in total. The highest BCUT2D eigenvalue weighted by Crippen LogP contribution is 2.17. The van der Waals surface area contributed by atoms with Crippen molar-refractivity contribution in [3.63, 3.8) is 0 Å². The number of rotatable bonds is 5. The van der Waals surface area contributed by atoms with Crippen molar-refractivity contribution >= 4 is 18.4 Å². The van der Waals surface area contributed by atoms with Gasteiger partial charge in [0, 0.05) is 5.56 Å². The molecule has 6 heteroatoms. The van der Waals surface area contributed by atoms with Crippen molar-refractivity contribution in [2.45, 2.75) is 13.5 Å². The minimum absolute atomic E-state index is 0.460. The average molecular weight is 324 g/mol. The monoisotopic (exact) mass is 324 g/mol. The van der Waals surface area contributed by atoms with Crippen LogP contribution in [0.4, 0.5) is 0 Å². The molecule has 0 aliphatic carbocycles. The van der Waals surface area contributed by atoms with Crippen LogP contribution in [0, 0.1) is 11.7 Å². The second-order valence-electron chi connectivity index (χ2n) is 4.94. The van der Waals surface area contributed by atoms with Gasteiger partial charge in [-0.2, -0.15) is 14.9 Å². The Morgan fingerprint density at radius 3 is 2.65 bits per heavy atom. The van der Waals surface area contributed by atoms with Gasteiger partial charge in [-0.1, -0.05) is 42.5 Å². The first kappa shape index (κ1) is 15.2. The van der Waals surface area contributed by atoms with E-state index in [2.05, 4.69) is 15.3 Å². The lowest BCUT2D eigenvalue weighted by atomic mass is 10.2. The lowest BCUT2D eigenvalue weighted by molar-refractivity contribution is 0.306. The molecule has 0 aliphatic heterocycles. The van der Waals surface area contributed by atoms with Crippen LogP contribution in [-0.2, 0) is 6.61 Å². The van der Waals surface area contributed by atoms with E-state index < -0.39 is 0 Å². The molecule has 23 heavy (non-hydrogen) atoms. The zero-order valence-corrected chi connectivity index (χ0v) is 13.5. The minimum atomic E-state index is 0.460. The van der Waals surface area contributed by atoms with Gasteiger partial charge in [-0.25, -0.2) is 0 Å². The molecule has 0 bridgehead atoms. The molecule has 0 fully saturated rings. The third-order valence-electron chi connectivity index (χ3n) is 3.28. The summed E-state index contributed by atoms with van der Waals surface area (Å²) in [6.07, 6.45) is 1.72. The zero-order chi connectivity index (χ0) is 16.1. The summed E-state index contributed by atoms with van der Waals surface area (Å²) in [4.78, 5) is 0. The third-order valence-corrected chi connectivity index (χ3v) is 3.54. The van der Waals surface area contributed by atoms with Crippen molar-refractivity contribution in [3.05, 3.63) is 76.3 Å². The zero-order valence-electron chi connectivity index (χ0n) is 12.6. The molecule has 0 saturated carbocycles. The van der Waals surface area contributed by atoms with Crippen LogP contribution in [0.1, 0.15) is 17.0 Å². The molecular weight excluding hydrogens is 308 g/mol. The largest absolute Gasteiger partial charge is 0.488 e. The molecule has 0 radical (unpaired) electrons. The highest BCUT2D eigenvalue weighted by atomic mass is 32.1. The van der Waals surface area contributed by atoms with E-state index in [-0.39, 0.29) is 0 Å². The van der Waals surface area contributed by atoms with E-state index in [1.54, 1.807) is 10.9 Å². The molecule has 1 N–H and O–H groups in total. The molecule has 0 spiro atoms. The van der Waals surface area contributed by atoms with Crippen molar-refractivity contribution in [3.8, 4) is 5.75 Å². The van der Waals surface area contributed by atoms with Gasteiger partial charge in [-0.05, 0) is 36.8 Å². The molecule has 1 aromatic heterocycles. The minimum Gasteiger partial charge on any atom is -0.488 e. The van der Waals surface area contributed by atoms with Gasteiger partial charge in [0.2, 0.25) is 4.77 Å². The molecule has 116 valence electrons. The molecule has 0 saturated heterocycles. The maximum Gasteiger partial charge on any atom is 0.216 e. The normalized spacial score (nSPS) is 11.0. The smallest absolute Gasteiger partial charge is 0.216 e. The van der Waals surface area contributed by atoms with Crippen LogP contribution in [0.3, 0.4) is 0 Å². The van der Waals surface area contributed by atoms with Gasteiger partial charge in [-0.15, -0.1) is 0 Å². The van der Waals surface area contributed by atoms with Gasteiger partial charge in [0.15, 0.2) is 0 Å². The number of aromatic nitrogens is 3. The first-order valence-electron chi connectivity index (χ1n) is 7.18. The van der Waals surface area contributed by atoms with E-state index in [9.17, 15) is 0 Å². The molecule has 3 rings (SSSR count). The van der Waals surface area contributed by atoms with Crippen LogP contribution in [0.5, 0.6) is 5.75 Å². The molecule has 0 unspecified atom stereocenters. The van der Waals surface area contributed by atoms with Crippen molar-refractivity contribution in [1.82, 2.24) is 14.9 Å². The molecule has 1 heterocycles. The topological polar surface area (TPSA) is 55.2 Å². The SMILES string of the molecule is Cc1n[nH]c(=S)n1/N=C\c1ccccc1OCc1ccccc1. The highest BCUT2D eigenvalue weighted by Gasteiger charge is 2.03. The maximum atomic E-state index is 5.90. The van der Waals surface area contributed by atoms with E-state index in [4.69, 9.17) is 17.0 Å². The Balaban J connectivity index is 1.79. The fourth-order valence-electron chi connectivity index (χ4n) is 2.08. The van der Waals surface area contributed by atoms with Gasteiger partial charge in [-0.3, -0.25) is 5.10 Å². The number of aryl methyl sites for hydroxylation is 1. The maximum absolute atomic E-state index is 5.90. The van der Waals surface area contributed by atoms with Gasteiger partial charge in [0.25, 0.3) is 0 Å². The van der Waals surface area contributed by atoms with E-state index >= 15 is 0 Å². The Morgan fingerprint density at radius 2 is 1.91 bits per heavy atom. The summed E-state index contributed by atoms with van der Waals surface area (Å²) in [7, 11) is 0. The summed E-state index contributed by atoms with van der Waals surface area (Å²) >= 11 is 5.14. The summed E-state index contributed by atoms with van der Waals surface area (Å²) in [6, 6.07) is 17.8. The fraction of sp³-hybridized carbons (Fsp3) is 0.118. The highest BCUT2D eigenvalue weighted by molar-refractivity contribution is 7.71. The Bertz CT molecular complexity index is 868. The molecule has 2 aromatic carbocycles. The van der Waals surface area contributed by atoms with Gasteiger partial charge < -0.3 is 4.74 Å². The number of hydrogen-bond donors (Lipinski definition) is 1. The summed E-state index contributed by atoms with van der Waals surface area (Å²) < 4.78 is 7.94. The predicted molar refractivity (Wildman–Crippen MR) is 92.4 cm³/mol. The average Bonchev–Trinajstić information content (AvgIpc) is 2.91. The van der Waals surface area contributed by atoms with Gasteiger partial charge >= 0.3 is 0 Å². The molecule has 0 aliphatic rings. The van der Waals surface area contributed by atoms with Crippen LogP contribution in [0.2, 0.25) is 0 Å². The van der Waals surface area contributed by atoms with Gasteiger partial charge in [0.1, 0.15) is 18.2 Å². The van der Waals surface area contributed by atoms with E-state index in [1.165, 1.54) is 0 Å². The molecule has 0 atom stereocenters. The number of H-pyrrole nitrogens is 1. The van der Waals surface area contributed by atoms with Crippen LogP contribution < -0.4 is 4.74 Å².